The van der Waals surface area contributed by atoms with Gasteiger partial charge in [-0.3, -0.25) is 4.90 Å². The highest BCUT2D eigenvalue weighted by Crippen LogP contribution is 2.54. The van der Waals surface area contributed by atoms with Crippen molar-refractivity contribution in [1.82, 2.24) is 4.90 Å². The van der Waals surface area contributed by atoms with E-state index in [0.717, 1.165) is 28.7 Å². The van der Waals surface area contributed by atoms with Gasteiger partial charge in [0.1, 0.15) is 6.07 Å². The zero-order valence-corrected chi connectivity index (χ0v) is 16.0. The van der Waals surface area contributed by atoms with Gasteiger partial charge in [0.15, 0.2) is 5.41 Å². The molecule has 6 heteroatoms. The van der Waals surface area contributed by atoms with Crippen LogP contribution in [0.5, 0.6) is 0 Å². The molecule has 1 aliphatic heterocycles. The molecule has 5 nitrogen and oxygen atoms in total. The molecule has 2 unspecified atom stereocenters. The highest BCUT2D eigenvalue weighted by atomic mass is 79.9. The van der Waals surface area contributed by atoms with Crippen molar-refractivity contribution < 1.29 is 0 Å². The quantitative estimate of drug-likeness (QED) is 0.810. The fourth-order valence-electron chi connectivity index (χ4n) is 4.07. The van der Waals surface area contributed by atoms with Crippen LogP contribution < -0.4 is 5.73 Å². The predicted molar refractivity (Wildman–Crippen MR) is 101 cm³/mol. The first-order valence-electron chi connectivity index (χ1n) is 8.43. The summed E-state index contributed by atoms with van der Waals surface area (Å²) in [7, 11) is 0. The maximum Gasteiger partial charge on any atom is 0.191 e. The maximum absolute atomic E-state index is 10.00. The molecule has 1 aromatic carbocycles. The Hall–Kier alpha value is -2.59. The molecule has 3 rings (SSSR count). The molecule has 1 aromatic rings. The number of likely N-dealkylation sites (N-methyl/N-ethyl adjacent to an activating group) is 1. The summed E-state index contributed by atoms with van der Waals surface area (Å²) >= 11 is 3.48. The van der Waals surface area contributed by atoms with Crippen molar-refractivity contribution in [3.63, 3.8) is 0 Å². The zero-order valence-electron chi connectivity index (χ0n) is 14.4. The SMILES string of the molecule is CCN1CC=C2C(C#N)=C(N)C(C#N)(C#N)C(c3cccc(Br)c3)C2C1. The molecule has 0 fully saturated rings. The molecule has 0 saturated carbocycles. The summed E-state index contributed by atoms with van der Waals surface area (Å²) in [5.41, 5.74) is 6.81. The first kappa shape index (κ1) is 18.2. The summed E-state index contributed by atoms with van der Waals surface area (Å²) < 4.78 is 0.877. The minimum atomic E-state index is -1.56. The van der Waals surface area contributed by atoms with Crippen molar-refractivity contribution in [1.29, 1.82) is 15.8 Å². The number of hydrogen-bond donors (Lipinski definition) is 1. The minimum absolute atomic E-state index is 0.0717. The Labute approximate surface area is 161 Å². The van der Waals surface area contributed by atoms with Gasteiger partial charge in [0.25, 0.3) is 0 Å². The van der Waals surface area contributed by atoms with E-state index < -0.39 is 11.3 Å². The molecule has 0 aromatic heterocycles. The van der Waals surface area contributed by atoms with Crippen LogP contribution in [0.4, 0.5) is 0 Å². The molecule has 0 radical (unpaired) electrons. The van der Waals surface area contributed by atoms with Crippen LogP contribution in [-0.2, 0) is 0 Å². The molecule has 0 spiro atoms. The van der Waals surface area contributed by atoms with Gasteiger partial charge in [-0.05, 0) is 29.8 Å². The Morgan fingerprint density at radius 3 is 2.62 bits per heavy atom. The molecule has 0 bridgehead atoms. The molecule has 130 valence electrons. The number of benzene rings is 1. The van der Waals surface area contributed by atoms with E-state index in [1.54, 1.807) is 0 Å². The molecule has 26 heavy (non-hydrogen) atoms. The van der Waals surface area contributed by atoms with Crippen LogP contribution in [0.15, 0.2) is 51.7 Å². The molecular weight excluding hydrogens is 390 g/mol. The van der Waals surface area contributed by atoms with Gasteiger partial charge >= 0.3 is 0 Å². The van der Waals surface area contributed by atoms with Crippen LogP contribution in [0.2, 0.25) is 0 Å². The lowest BCUT2D eigenvalue weighted by Gasteiger charge is -2.45. The van der Waals surface area contributed by atoms with E-state index in [4.69, 9.17) is 5.73 Å². The van der Waals surface area contributed by atoms with Crippen LogP contribution in [0.1, 0.15) is 18.4 Å². The first-order valence-corrected chi connectivity index (χ1v) is 9.22. The number of fused-ring (bicyclic) bond motifs is 1. The van der Waals surface area contributed by atoms with E-state index in [1.165, 1.54) is 0 Å². The molecule has 2 N–H and O–H groups in total. The smallest absolute Gasteiger partial charge is 0.191 e. The van der Waals surface area contributed by atoms with Gasteiger partial charge in [0, 0.05) is 29.4 Å². The standard InChI is InChI=1S/C20H18BrN5/c1-2-26-7-6-15-16(9-22)19(25)20(11-23,12-24)18(17(15)10-26)13-4-3-5-14(21)8-13/h3-6,8,17-18H,2,7,10,25H2,1H3. The highest BCUT2D eigenvalue weighted by molar-refractivity contribution is 9.10. The monoisotopic (exact) mass is 407 g/mol. The van der Waals surface area contributed by atoms with Crippen LogP contribution in [0.25, 0.3) is 0 Å². The van der Waals surface area contributed by atoms with Crippen molar-refractivity contribution in [2.75, 3.05) is 19.6 Å². The zero-order chi connectivity index (χ0) is 18.9. The van der Waals surface area contributed by atoms with Crippen LogP contribution in [-0.4, -0.2) is 24.5 Å². The number of nitriles is 3. The minimum Gasteiger partial charge on any atom is -0.399 e. The number of halogens is 1. The van der Waals surface area contributed by atoms with Crippen LogP contribution >= 0.6 is 15.9 Å². The summed E-state index contributed by atoms with van der Waals surface area (Å²) in [6.07, 6.45) is 2.02. The third-order valence-electron chi connectivity index (χ3n) is 5.40. The Morgan fingerprint density at radius 1 is 1.31 bits per heavy atom. The third kappa shape index (κ3) is 2.61. The van der Waals surface area contributed by atoms with Crippen molar-refractivity contribution >= 4 is 15.9 Å². The van der Waals surface area contributed by atoms with Gasteiger partial charge in [-0.25, -0.2) is 0 Å². The molecule has 2 atom stereocenters. The molecule has 0 amide bonds. The van der Waals surface area contributed by atoms with Crippen LogP contribution in [0, 0.1) is 45.3 Å². The van der Waals surface area contributed by atoms with Gasteiger partial charge in [0.05, 0.1) is 23.4 Å². The highest BCUT2D eigenvalue weighted by Gasteiger charge is 2.54. The topological polar surface area (TPSA) is 101 Å². The van der Waals surface area contributed by atoms with Gasteiger partial charge in [-0.1, -0.05) is 41.1 Å². The van der Waals surface area contributed by atoms with Crippen molar-refractivity contribution in [3.8, 4) is 18.2 Å². The van der Waals surface area contributed by atoms with Gasteiger partial charge in [-0.2, -0.15) is 15.8 Å². The van der Waals surface area contributed by atoms with Crippen molar-refractivity contribution in [3.05, 3.63) is 57.2 Å². The lowest BCUT2D eigenvalue weighted by atomic mass is 9.58. The Bertz CT molecular complexity index is 911. The Morgan fingerprint density at radius 2 is 2.04 bits per heavy atom. The van der Waals surface area contributed by atoms with E-state index >= 15 is 0 Å². The van der Waals surface area contributed by atoms with Crippen molar-refractivity contribution in [2.45, 2.75) is 12.8 Å². The lowest BCUT2D eigenvalue weighted by Crippen LogP contribution is -2.48. The number of nitrogens with zero attached hydrogens (tertiary/aromatic N) is 4. The first-order chi connectivity index (χ1) is 12.5. The molecule has 0 saturated heterocycles. The van der Waals surface area contributed by atoms with Gasteiger partial charge < -0.3 is 5.73 Å². The average Bonchev–Trinajstić information content (AvgIpc) is 2.66. The van der Waals surface area contributed by atoms with Gasteiger partial charge in [-0.15, -0.1) is 0 Å². The molecule has 1 heterocycles. The third-order valence-corrected chi connectivity index (χ3v) is 5.89. The second-order valence-electron chi connectivity index (χ2n) is 6.58. The largest absolute Gasteiger partial charge is 0.399 e. The fraction of sp³-hybridized carbons (Fsp3) is 0.350. The van der Waals surface area contributed by atoms with E-state index in [2.05, 4.69) is 46.0 Å². The Kier molecular flexibility index (Phi) is 4.88. The summed E-state index contributed by atoms with van der Waals surface area (Å²) in [5.74, 6) is -0.577. The van der Waals surface area contributed by atoms with Crippen molar-refractivity contribution in [2.24, 2.45) is 17.1 Å². The van der Waals surface area contributed by atoms with E-state index in [0.29, 0.717) is 12.1 Å². The number of allylic oxidation sites excluding steroid dienone is 2. The van der Waals surface area contributed by atoms with Crippen LogP contribution in [0.3, 0.4) is 0 Å². The number of nitrogens with two attached hydrogens (primary N) is 1. The number of rotatable bonds is 2. The van der Waals surface area contributed by atoms with E-state index in [-0.39, 0.29) is 11.6 Å². The number of hydrogen-bond acceptors (Lipinski definition) is 5. The summed E-state index contributed by atoms with van der Waals surface area (Å²) in [4.78, 5) is 2.25. The fourth-order valence-corrected chi connectivity index (χ4v) is 4.49. The molecular formula is C20H18BrN5. The predicted octanol–water partition coefficient (Wildman–Crippen LogP) is 3.19. The Balaban J connectivity index is 2.32. The summed E-state index contributed by atoms with van der Waals surface area (Å²) in [6.45, 7) is 4.35. The van der Waals surface area contributed by atoms with E-state index in [9.17, 15) is 15.8 Å². The molecule has 1 aliphatic carbocycles. The van der Waals surface area contributed by atoms with E-state index in [1.807, 2.05) is 30.3 Å². The maximum atomic E-state index is 10.00. The normalized spacial score (nSPS) is 24.7. The summed E-state index contributed by atoms with van der Waals surface area (Å²) in [6, 6.07) is 14.1. The second kappa shape index (κ2) is 6.96. The lowest BCUT2D eigenvalue weighted by molar-refractivity contribution is 0.214. The second-order valence-corrected chi connectivity index (χ2v) is 7.50. The molecule has 2 aliphatic rings. The van der Waals surface area contributed by atoms with Gasteiger partial charge in [0.2, 0.25) is 0 Å². The summed E-state index contributed by atoms with van der Waals surface area (Å²) in [5, 5.41) is 29.7. The average molecular weight is 408 g/mol.